The SMILES string of the molecule is C=Nc1[nH]nc(-n2cncc2-c2ccccc2C)c1SCNC. The first kappa shape index (κ1) is 15.5. The van der Waals surface area contributed by atoms with Gasteiger partial charge in [-0.05, 0) is 26.3 Å². The van der Waals surface area contributed by atoms with Gasteiger partial charge in [0.15, 0.2) is 11.6 Å². The van der Waals surface area contributed by atoms with Gasteiger partial charge in [-0.3, -0.25) is 9.67 Å². The van der Waals surface area contributed by atoms with Crippen LogP contribution in [0.2, 0.25) is 0 Å². The van der Waals surface area contributed by atoms with Gasteiger partial charge in [0.05, 0.1) is 16.8 Å². The van der Waals surface area contributed by atoms with Gasteiger partial charge in [0, 0.05) is 11.4 Å². The molecule has 7 heteroatoms. The van der Waals surface area contributed by atoms with Crippen LogP contribution in [-0.2, 0) is 0 Å². The molecule has 23 heavy (non-hydrogen) atoms. The van der Waals surface area contributed by atoms with E-state index >= 15 is 0 Å². The lowest BCUT2D eigenvalue weighted by Gasteiger charge is -2.10. The summed E-state index contributed by atoms with van der Waals surface area (Å²) in [6, 6.07) is 8.23. The molecule has 0 aliphatic carbocycles. The average Bonchev–Trinajstić information content (AvgIpc) is 3.19. The van der Waals surface area contributed by atoms with E-state index in [2.05, 4.69) is 51.3 Å². The second-order valence-electron chi connectivity index (χ2n) is 4.99. The van der Waals surface area contributed by atoms with Crippen LogP contribution in [-0.4, -0.2) is 39.4 Å². The molecule has 0 saturated carbocycles. The Kier molecular flexibility index (Phi) is 4.59. The third kappa shape index (κ3) is 2.93. The van der Waals surface area contributed by atoms with Crippen molar-refractivity contribution in [2.45, 2.75) is 11.8 Å². The van der Waals surface area contributed by atoms with Crippen molar-refractivity contribution in [1.82, 2.24) is 25.1 Å². The molecule has 2 aromatic heterocycles. The highest BCUT2D eigenvalue weighted by Gasteiger charge is 2.18. The summed E-state index contributed by atoms with van der Waals surface area (Å²) in [7, 11) is 1.91. The number of rotatable bonds is 6. The Morgan fingerprint density at radius 3 is 2.96 bits per heavy atom. The van der Waals surface area contributed by atoms with E-state index in [1.807, 2.05) is 29.9 Å². The minimum Gasteiger partial charge on any atom is -0.311 e. The van der Waals surface area contributed by atoms with Gasteiger partial charge in [0.25, 0.3) is 0 Å². The predicted molar refractivity (Wildman–Crippen MR) is 94.9 cm³/mol. The lowest BCUT2D eigenvalue weighted by atomic mass is 10.1. The number of hydrogen-bond donors (Lipinski definition) is 2. The van der Waals surface area contributed by atoms with Gasteiger partial charge in [0.1, 0.15) is 6.33 Å². The summed E-state index contributed by atoms with van der Waals surface area (Å²) in [5.41, 5.74) is 3.32. The standard InChI is InChI=1S/C16H18N6S/c1-11-6-4-5-7-12(11)13-8-19-9-22(13)16-14(23-10-17-2)15(18-3)20-21-16/h4-9,17H,3,10H2,1-2H3,(H,20,21). The molecule has 2 heterocycles. The zero-order valence-electron chi connectivity index (χ0n) is 13.1. The number of benzene rings is 1. The zero-order valence-corrected chi connectivity index (χ0v) is 13.9. The van der Waals surface area contributed by atoms with Gasteiger partial charge in [0.2, 0.25) is 0 Å². The van der Waals surface area contributed by atoms with Crippen molar-refractivity contribution in [1.29, 1.82) is 0 Å². The fraction of sp³-hybridized carbons (Fsp3) is 0.188. The van der Waals surface area contributed by atoms with Crippen molar-refractivity contribution in [3.63, 3.8) is 0 Å². The number of nitrogens with one attached hydrogen (secondary N) is 2. The molecular formula is C16H18N6S. The molecule has 0 bridgehead atoms. The summed E-state index contributed by atoms with van der Waals surface area (Å²) in [5.74, 6) is 2.21. The van der Waals surface area contributed by atoms with Crippen molar-refractivity contribution in [2.75, 3.05) is 12.9 Å². The van der Waals surface area contributed by atoms with Gasteiger partial charge >= 0.3 is 0 Å². The Bertz CT molecular complexity index is 820. The molecule has 0 spiro atoms. The van der Waals surface area contributed by atoms with Gasteiger partial charge in [-0.1, -0.05) is 24.3 Å². The van der Waals surface area contributed by atoms with Crippen LogP contribution in [0.5, 0.6) is 0 Å². The third-order valence-corrected chi connectivity index (χ3v) is 4.59. The number of aliphatic imine (C=N–C) groups is 1. The van der Waals surface area contributed by atoms with Crippen LogP contribution in [0, 0.1) is 6.92 Å². The fourth-order valence-electron chi connectivity index (χ4n) is 2.38. The first-order valence-electron chi connectivity index (χ1n) is 7.17. The molecule has 3 rings (SSSR count). The zero-order chi connectivity index (χ0) is 16.2. The number of imidazole rings is 1. The van der Waals surface area contributed by atoms with Gasteiger partial charge in [-0.15, -0.1) is 11.8 Å². The summed E-state index contributed by atoms with van der Waals surface area (Å²) in [4.78, 5) is 9.28. The molecule has 0 fully saturated rings. The summed E-state index contributed by atoms with van der Waals surface area (Å²) < 4.78 is 1.98. The van der Waals surface area contributed by atoms with Crippen LogP contribution in [0.1, 0.15) is 5.56 Å². The highest BCUT2D eigenvalue weighted by molar-refractivity contribution is 7.99. The van der Waals surface area contributed by atoms with Crippen molar-refractivity contribution >= 4 is 24.3 Å². The van der Waals surface area contributed by atoms with Gasteiger partial charge in [-0.25, -0.2) is 9.98 Å². The number of thioether (sulfide) groups is 1. The largest absolute Gasteiger partial charge is 0.311 e. The maximum atomic E-state index is 4.41. The Balaban J connectivity index is 2.11. The third-order valence-electron chi connectivity index (χ3n) is 3.49. The number of aromatic amines is 1. The molecule has 0 saturated heterocycles. The molecule has 3 aromatic rings. The summed E-state index contributed by atoms with van der Waals surface area (Å²) in [6.45, 7) is 5.70. The van der Waals surface area contributed by atoms with Crippen molar-refractivity contribution < 1.29 is 0 Å². The molecule has 2 N–H and O–H groups in total. The van der Waals surface area contributed by atoms with Gasteiger partial charge < -0.3 is 5.32 Å². The van der Waals surface area contributed by atoms with E-state index < -0.39 is 0 Å². The molecule has 1 aromatic carbocycles. The van der Waals surface area contributed by atoms with Crippen LogP contribution in [0.3, 0.4) is 0 Å². The highest BCUT2D eigenvalue weighted by Crippen LogP contribution is 2.35. The number of nitrogens with zero attached hydrogens (tertiary/aromatic N) is 4. The minimum absolute atomic E-state index is 0.671. The van der Waals surface area contributed by atoms with E-state index in [1.54, 1.807) is 18.1 Å². The fourth-order valence-corrected chi connectivity index (χ4v) is 3.19. The number of hydrogen-bond acceptors (Lipinski definition) is 5. The molecule has 0 radical (unpaired) electrons. The summed E-state index contributed by atoms with van der Waals surface area (Å²) in [6.07, 6.45) is 3.62. The maximum Gasteiger partial charge on any atom is 0.176 e. The second-order valence-corrected chi connectivity index (χ2v) is 5.97. The molecule has 6 nitrogen and oxygen atoms in total. The smallest absolute Gasteiger partial charge is 0.176 e. The Hall–Kier alpha value is -2.38. The van der Waals surface area contributed by atoms with Crippen LogP contribution in [0.4, 0.5) is 5.82 Å². The second kappa shape index (κ2) is 6.80. The maximum absolute atomic E-state index is 4.41. The molecule has 0 aliphatic heterocycles. The highest BCUT2D eigenvalue weighted by atomic mass is 32.2. The summed E-state index contributed by atoms with van der Waals surface area (Å²) >= 11 is 1.62. The Morgan fingerprint density at radius 1 is 1.39 bits per heavy atom. The van der Waals surface area contributed by atoms with E-state index in [1.165, 1.54) is 5.56 Å². The van der Waals surface area contributed by atoms with Crippen LogP contribution in [0.15, 0.2) is 46.7 Å². The van der Waals surface area contributed by atoms with Crippen LogP contribution < -0.4 is 5.32 Å². The monoisotopic (exact) mass is 326 g/mol. The molecule has 0 unspecified atom stereocenters. The first-order valence-corrected chi connectivity index (χ1v) is 8.16. The van der Waals surface area contributed by atoms with Crippen LogP contribution >= 0.6 is 11.8 Å². The lowest BCUT2D eigenvalue weighted by Crippen LogP contribution is -2.04. The van der Waals surface area contributed by atoms with Crippen LogP contribution in [0.25, 0.3) is 17.1 Å². The first-order chi connectivity index (χ1) is 11.3. The van der Waals surface area contributed by atoms with Crippen molar-refractivity contribution in [3.8, 4) is 17.1 Å². The van der Waals surface area contributed by atoms with E-state index in [0.29, 0.717) is 5.82 Å². The molecular weight excluding hydrogens is 308 g/mol. The quantitative estimate of drug-likeness (QED) is 0.415. The normalized spacial score (nSPS) is 10.9. The topological polar surface area (TPSA) is 70.9 Å². The molecule has 0 atom stereocenters. The Morgan fingerprint density at radius 2 is 2.22 bits per heavy atom. The lowest BCUT2D eigenvalue weighted by molar-refractivity contribution is 0.944. The average molecular weight is 326 g/mol. The van der Waals surface area contributed by atoms with E-state index in [0.717, 1.165) is 27.8 Å². The molecule has 0 aliphatic rings. The van der Waals surface area contributed by atoms with Crippen molar-refractivity contribution in [3.05, 3.63) is 42.4 Å². The number of H-pyrrole nitrogens is 1. The van der Waals surface area contributed by atoms with E-state index in [4.69, 9.17) is 0 Å². The van der Waals surface area contributed by atoms with E-state index in [-0.39, 0.29) is 0 Å². The minimum atomic E-state index is 0.671. The Labute approximate surface area is 139 Å². The van der Waals surface area contributed by atoms with Gasteiger partial charge in [-0.2, -0.15) is 5.10 Å². The summed E-state index contributed by atoms with van der Waals surface area (Å²) in [5, 5.41) is 10.5. The molecule has 0 amide bonds. The van der Waals surface area contributed by atoms with Crippen molar-refractivity contribution in [2.24, 2.45) is 4.99 Å². The van der Waals surface area contributed by atoms with E-state index in [9.17, 15) is 0 Å². The predicted octanol–water partition coefficient (Wildman–Crippen LogP) is 3.17. The number of aromatic nitrogens is 4. The number of aryl methyl sites for hydroxylation is 1. The molecule has 118 valence electrons.